The van der Waals surface area contributed by atoms with E-state index in [4.69, 9.17) is 0 Å². The van der Waals surface area contributed by atoms with E-state index in [0.29, 0.717) is 34.3 Å². The number of ketones is 1. The number of carbonyl (C=O) groups excluding carboxylic acids is 2. The lowest BCUT2D eigenvalue weighted by atomic mass is 9.98. The van der Waals surface area contributed by atoms with E-state index >= 15 is 0 Å². The van der Waals surface area contributed by atoms with Gasteiger partial charge in [-0.05, 0) is 37.0 Å². The predicted molar refractivity (Wildman–Crippen MR) is 121 cm³/mol. The summed E-state index contributed by atoms with van der Waals surface area (Å²) in [7, 11) is -3.64. The lowest BCUT2D eigenvalue weighted by Gasteiger charge is -2.12. The molecule has 0 saturated heterocycles. The maximum absolute atomic E-state index is 11.7. The molecule has 1 aromatic heterocycles. The fourth-order valence-corrected chi connectivity index (χ4v) is 7.09. The first-order chi connectivity index (χ1) is 14.6. The quantitative estimate of drug-likeness (QED) is 0.246. The van der Waals surface area contributed by atoms with Crippen molar-refractivity contribution in [1.82, 2.24) is 10.2 Å². The number of carboxylic acids is 1. The molecule has 0 bridgehead atoms. The van der Waals surface area contributed by atoms with E-state index in [1.165, 1.54) is 41.8 Å². The molecule has 0 aliphatic heterocycles. The van der Waals surface area contributed by atoms with Gasteiger partial charge < -0.3 is 15.0 Å². The standard InChI is InChI=1S/C19H24N2O6S4/c1-3-5-15-13(6-7-14(12(2)22)17(15)25)10-29-19-21-20-18(30-19)28-8-4-9-31(26,27)11-16(23)24/h6-7,25H,3-5,8-11H2,1-2H3,(H,23,24)/p-1. The summed E-state index contributed by atoms with van der Waals surface area (Å²) in [6.45, 7) is 3.44. The van der Waals surface area contributed by atoms with E-state index in [0.717, 1.165) is 21.9 Å². The number of Topliss-reactive ketones (excluding diaryl/α,β-unsaturated/α-hetero) is 1. The van der Waals surface area contributed by atoms with Crippen molar-refractivity contribution < 1.29 is 28.2 Å². The fourth-order valence-electron chi connectivity index (χ4n) is 2.77. The molecule has 2 rings (SSSR count). The maximum atomic E-state index is 11.7. The Hall–Kier alpha value is -1.63. The van der Waals surface area contributed by atoms with Crippen LogP contribution >= 0.6 is 34.9 Å². The lowest BCUT2D eigenvalue weighted by Crippen LogP contribution is -2.31. The Bertz CT molecular complexity index is 1040. The maximum Gasteiger partial charge on any atom is 0.175 e. The Balaban J connectivity index is 1.92. The number of sulfone groups is 1. The molecule has 170 valence electrons. The summed E-state index contributed by atoms with van der Waals surface area (Å²) in [5.74, 6) is -1.84. The second-order valence-corrected chi connectivity index (χ2v) is 12.4. The van der Waals surface area contributed by atoms with Gasteiger partial charge in [-0.1, -0.05) is 54.3 Å². The summed E-state index contributed by atoms with van der Waals surface area (Å²) < 4.78 is 24.5. The minimum Gasteiger partial charge on any atom is -0.549 e. The highest BCUT2D eigenvalue weighted by Crippen LogP contribution is 2.34. The van der Waals surface area contributed by atoms with E-state index < -0.39 is 21.6 Å². The molecule has 1 heterocycles. The summed E-state index contributed by atoms with van der Waals surface area (Å²) in [5, 5.41) is 29.1. The van der Waals surface area contributed by atoms with Crippen molar-refractivity contribution in [3.63, 3.8) is 0 Å². The SMILES string of the molecule is CCCc1c(CSc2nnc(SCCCS(=O)(=O)CC(=O)[O-])s2)ccc(C(C)=O)c1O. The molecule has 0 radical (unpaired) electrons. The van der Waals surface area contributed by atoms with Crippen LogP contribution in [-0.4, -0.2) is 52.7 Å². The topological polar surface area (TPSA) is 137 Å². The zero-order valence-corrected chi connectivity index (χ0v) is 20.4. The highest BCUT2D eigenvalue weighted by molar-refractivity contribution is 8.03. The highest BCUT2D eigenvalue weighted by atomic mass is 32.2. The molecule has 1 aromatic carbocycles. The number of nitrogens with zero attached hydrogens (tertiary/aromatic N) is 2. The van der Waals surface area contributed by atoms with Crippen LogP contribution in [0.3, 0.4) is 0 Å². The average Bonchev–Trinajstić information content (AvgIpc) is 3.12. The number of hydrogen-bond acceptors (Lipinski definition) is 11. The third kappa shape index (κ3) is 8.09. The fraction of sp³-hybridized carbons (Fsp3) is 0.474. The number of benzene rings is 1. The van der Waals surface area contributed by atoms with Crippen LogP contribution in [0.25, 0.3) is 0 Å². The van der Waals surface area contributed by atoms with Crippen LogP contribution in [0.4, 0.5) is 0 Å². The van der Waals surface area contributed by atoms with Crippen LogP contribution in [-0.2, 0) is 26.8 Å². The molecule has 1 N–H and O–H groups in total. The van der Waals surface area contributed by atoms with Crippen molar-refractivity contribution >= 4 is 56.5 Å². The minimum absolute atomic E-state index is 0.0505. The molecule has 0 aliphatic carbocycles. The Labute approximate surface area is 193 Å². The Morgan fingerprint density at radius 2 is 1.87 bits per heavy atom. The number of hydrogen-bond donors (Lipinski definition) is 1. The molecule has 0 spiro atoms. The molecule has 12 heteroatoms. The molecule has 0 amide bonds. The summed E-state index contributed by atoms with van der Waals surface area (Å²) in [4.78, 5) is 22.1. The second-order valence-electron chi connectivity index (χ2n) is 6.69. The average molecular weight is 504 g/mol. The number of rotatable bonds is 13. The van der Waals surface area contributed by atoms with Crippen LogP contribution in [0.15, 0.2) is 20.8 Å². The lowest BCUT2D eigenvalue weighted by molar-refractivity contribution is -0.301. The van der Waals surface area contributed by atoms with E-state index in [2.05, 4.69) is 10.2 Å². The highest BCUT2D eigenvalue weighted by Gasteiger charge is 2.16. The first-order valence-electron chi connectivity index (χ1n) is 9.47. The summed E-state index contributed by atoms with van der Waals surface area (Å²) in [6.07, 6.45) is 1.82. The minimum atomic E-state index is -3.64. The molecule has 0 saturated carbocycles. The van der Waals surface area contributed by atoms with Gasteiger partial charge in [-0.2, -0.15) is 0 Å². The van der Waals surface area contributed by atoms with Gasteiger partial charge in [0.15, 0.2) is 24.3 Å². The zero-order chi connectivity index (χ0) is 23.0. The van der Waals surface area contributed by atoms with E-state index in [9.17, 15) is 28.2 Å². The van der Waals surface area contributed by atoms with E-state index in [-0.39, 0.29) is 17.3 Å². The third-order valence-corrected chi connectivity index (χ3v) is 9.07. The van der Waals surface area contributed by atoms with Crippen molar-refractivity contribution in [3.05, 3.63) is 28.8 Å². The first kappa shape index (κ1) is 25.6. The molecular formula is C19H23N2O6S4-. The van der Waals surface area contributed by atoms with E-state index in [1.807, 2.05) is 13.0 Å². The molecule has 0 atom stereocenters. The van der Waals surface area contributed by atoms with Crippen LogP contribution in [0.1, 0.15) is 48.2 Å². The van der Waals surface area contributed by atoms with Crippen molar-refractivity contribution in [2.45, 2.75) is 47.5 Å². The number of aromatic nitrogens is 2. The monoisotopic (exact) mass is 503 g/mol. The van der Waals surface area contributed by atoms with Gasteiger partial charge in [-0.3, -0.25) is 4.79 Å². The van der Waals surface area contributed by atoms with Crippen molar-refractivity contribution in [2.75, 3.05) is 17.3 Å². The van der Waals surface area contributed by atoms with Gasteiger partial charge in [0.05, 0.1) is 23.0 Å². The molecule has 2 aromatic rings. The zero-order valence-electron chi connectivity index (χ0n) is 17.1. The molecule has 0 fully saturated rings. The molecule has 0 unspecified atom stereocenters. The van der Waals surface area contributed by atoms with Gasteiger partial charge in [0, 0.05) is 11.5 Å². The smallest absolute Gasteiger partial charge is 0.175 e. The molecular weight excluding hydrogens is 480 g/mol. The number of carboxylic acid groups (broad SMARTS) is 1. The number of phenols is 1. The van der Waals surface area contributed by atoms with E-state index in [1.54, 1.807) is 6.07 Å². The van der Waals surface area contributed by atoms with Crippen molar-refractivity contribution in [2.24, 2.45) is 0 Å². The molecule has 0 aliphatic rings. The van der Waals surface area contributed by atoms with Crippen LogP contribution in [0, 0.1) is 0 Å². The van der Waals surface area contributed by atoms with Crippen molar-refractivity contribution in [1.29, 1.82) is 0 Å². The summed E-state index contributed by atoms with van der Waals surface area (Å²) in [5.41, 5.74) is 2.05. The number of phenolic OH excluding ortho intramolecular Hbond substituents is 1. The van der Waals surface area contributed by atoms with Gasteiger partial charge in [-0.25, -0.2) is 8.42 Å². The van der Waals surface area contributed by atoms with Gasteiger partial charge in [-0.15, -0.1) is 10.2 Å². The summed E-state index contributed by atoms with van der Waals surface area (Å²) in [6, 6.07) is 3.50. The van der Waals surface area contributed by atoms with Crippen molar-refractivity contribution in [3.8, 4) is 5.75 Å². The van der Waals surface area contributed by atoms with Crippen LogP contribution < -0.4 is 5.11 Å². The largest absolute Gasteiger partial charge is 0.549 e. The molecule has 31 heavy (non-hydrogen) atoms. The number of aromatic hydroxyl groups is 1. The number of thioether (sulfide) groups is 2. The number of aliphatic carboxylic acids is 1. The first-order valence-corrected chi connectivity index (χ1v) is 14.1. The second kappa shape index (κ2) is 11.8. The number of carbonyl (C=O) groups is 2. The van der Waals surface area contributed by atoms with Crippen LogP contribution in [0.2, 0.25) is 0 Å². The molecule has 8 nitrogen and oxygen atoms in total. The van der Waals surface area contributed by atoms with Gasteiger partial charge in [0.1, 0.15) is 5.75 Å². The summed E-state index contributed by atoms with van der Waals surface area (Å²) >= 11 is 4.23. The van der Waals surface area contributed by atoms with Crippen LogP contribution in [0.5, 0.6) is 5.75 Å². The third-order valence-electron chi connectivity index (χ3n) is 4.16. The predicted octanol–water partition coefficient (Wildman–Crippen LogP) is 2.34. The normalized spacial score (nSPS) is 11.5. The van der Waals surface area contributed by atoms with Gasteiger partial charge in [0.2, 0.25) is 0 Å². The Morgan fingerprint density at radius 3 is 2.48 bits per heavy atom. The van der Waals surface area contributed by atoms with Gasteiger partial charge in [0.25, 0.3) is 0 Å². The Morgan fingerprint density at radius 1 is 1.19 bits per heavy atom. The Kier molecular flexibility index (Phi) is 9.79. The van der Waals surface area contributed by atoms with Gasteiger partial charge >= 0.3 is 0 Å².